The van der Waals surface area contributed by atoms with Gasteiger partial charge in [0.1, 0.15) is 11.3 Å². The van der Waals surface area contributed by atoms with Gasteiger partial charge in [-0.25, -0.2) is 9.37 Å². The maximum Gasteiger partial charge on any atom is 0.196 e. The molecular formula is C15H10Br2FNO. The van der Waals surface area contributed by atoms with Crippen molar-refractivity contribution in [3.8, 4) is 0 Å². The Morgan fingerprint density at radius 1 is 1.20 bits per heavy atom. The quantitative estimate of drug-likeness (QED) is 0.551. The van der Waals surface area contributed by atoms with Gasteiger partial charge in [0.25, 0.3) is 0 Å². The summed E-state index contributed by atoms with van der Waals surface area (Å²) in [6.07, 6.45) is 0.488. The van der Waals surface area contributed by atoms with E-state index >= 15 is 0 Å². The average Bonchev–Trinajstić information content (AvgIpc) is 2.83. The first-order valence-corrected chi connectivity index (χ1v) is 7.78. The molecule has 0 spiro atoms. The maximum absolute atomic E-state index is 13.8. The Balaban J connectivity index is 1.88. The van der Waals surface area contributed by atoms with E-state index in [1.807, 2.05) is 24.3 Å². The molecule has 0 bridgehead atoms. The zero-order valence-electron chi connectivity index (χ0n) is 10.3. The summed E-state index contributed by atoms with van der Waals surface area (Å²) in [6.45, 7) is 0. The Morgan fingerprint density at radius 2 is 2.00 bits per heavy atom. The molecule has 1 atom stereocenters. The van der Waals surface area contributed by atoms with Gasteiger partial charge < -0.3 is 4.42 Å². The minimum Gasteiger partial charge on any atom is -0.441 e. The van der Waals surface area contributed by atoms with Gasteiger partial charge in [0.05, 0.1) is 4.83 Å². The van der Waals surface area contributed by atoms with Crippen LogP contribution >= 0.6 is 31.9 Å². The third-order valence-corrected chi connectivity index (χ3v) is 4.30. The van der Waals surface area contributed by atoms with Gasteiger partial charge in [-0.15, -0.1) is 0 Å². The Hall–Kier alpha value is -1.20. The summed E-state index contributed by atoms with van der Waals surface area (Å²) in [7, 11) is 0. The van der Waals surface area contributed by atoms with Crippen LogP contribution in [0.5, 0.6) is 0 Å². The van der Waals surface area contributed by atoms with Crippen LogP contribution in [0.1, 0.15) is 16.3 Å². The highest BCUT2D eigenvalue weighted by Gasteiger charge is 2.17. The van der Waals surface area contributed by atoms with Crippen LogP contribution < -0.4 is 0 Å². The molecule has 0 aliphatic carbocycles. The van der Waals surface area contributed by atoms with Crippen molar-refractivity contribution in [2.45, 2.75) is 11.2 Å². The molecule has 1 heterocycles. The number of halogens is 3. The summed E-state index contributed by atoms with van der Waals surface area (Å²) in [5.41, 5.74) is 2.15. The molecule has 0 fully saturated rings. The Morgan fingerprint density at radius 3 is 2.80 bits per heavy atom. The van der Waals surface area contributed by atoms with E-state index in [4.69, 9.17) is 4.42 Å². The molecule has 3 rings (SSSR count). The molecule has 3 aromatic rings. The number of aromatic nitrogens is 1. The molecule has 0 saturated heterocycles. The van der Waals surface area contributed by atoms with Crippen molar-refractivity contribution in [3.05, 3.63) is 64.2 Å². The zero-order chi connectivity index (χ0) is 14.1. The predicted molar refractivity (Wildman–Crippen MR) is 83.5 cm³/mol. The number of hydrogen-bond acceptors (Lipinski definition) is 2. The molecule has 0 saturated carbocycles. The lowest BCUT2D eigenvalue weighted by Crippen LogP contribution is -1.99. The Labute approximate surface area is 132 Å². The molecule has 1 unspecified atom stereocenters. The van der Waals surface area contributed by atoms with Gasteiger partial charge in [0, 0.05) is 16.5 Å². The number of fused-ring (bicyclic) bond motifs is 1. The lowest BCUT2D eigenvalue weighted by molar-refractivity contribution is 0.522. The minimum atomic E-state index is -0.244. The summed E-state index contributed by atoms with van der Waals surface area (Å²) in [4.78, 5) is 4.21. The highest BCUT2D eigenvalue weighted by Crippen LogP contribution is 2.31. The fourth-order valence-electron chi connectivity index (χ4n) is 2.03. The lowest BCUT2D eigenvalue weighted by Gasteiger charge is -2.09. The molecule has 0 aliphatic heterocycles. The third-order valence-electron chi connectivity index (χ3n) is 2.99. The van der Waals surface area contributed by atoms with Crippen molar-refractivity contribution in [1.82, 2.24) is 4.98 Å². The molecule has 1 aromatic heterocycles. The maximum atomic E-state index is 13.8. The molecule has 5 heteroatoms. The van der Waals surface area contributed by atoms with Crippen LogP contribution in [0.15, 0.2) is 51.4 Å². The van der Waals surface area contributed by atoms with Gasteiger partial charge in [-0.05, 0) is 30.3 Å². The highest BCUT2D eigenvalue weighted by atomic mass is 79.9. The van der Waals surface area contributed by atoms with Gasteiger partial charge in [-0.1, -0.05) is 44.0 Å². The van der Waals surface area contributed by atoms with Crippen LogP contribution in [0.25, 0.3) is 11.1 Å². The normalized spacial score (nSPS) is 12.8. The second-order valence-electron chi connectivity index (χ2n) is 4.41. The summed E-state index contributed by atoms with van der Waals surface area (Å²) < 4.78 is 20.3. The van der Waals surface area contributed by atoms with Gasteiger partial charge in [-0.3, -0.25) is 0 Å². The molecule has 0 radical (unpaired) electrons. The van der Waals surface area contributed by atoms with Crippen LogP contribution in [-0.4, -0.2) is 4.98 Å². The lowest BCUT2D eigenvalue weighted by atomic mass is 10.1. The second-order valence-corrected chi connectivity index (χ2v) is 6.43. The number of alkyl halides is 1. The van der Waals surface area contributed by atoms with Crippen molar-refractivity contribution >= 4 is 43.0 Å². The molecule has 0 amide bonds. The Kier molecular flexibility index (Phi) is 3.89. The molecule has 102 valence electrons. The number of nitrogens with zero attached hydrogens (tertiary/aromatic N) is 1. The van der Waals surface area contributed by atoms with Crippen molar-refractivity contribution < 1.29 is 8.81 Å². The summed E-state index contributed by atoms with van der Waals surface area (Å²) in [5, 5.41) is 0. The average molecular weight is 399 g/mol. The van der Waals surface area contributed by atoms with Crippen LogP contribution in [0.2, 0.25) is 0 Å². The zero-order valence-corrected chi connectivity index (χ0v) is 13.5. The first kappa shape index (κ1) is 13.8. The molecular weight excluding hydrogens is 389 g/mol. The van der Waals surface area contributed by atoms with Gasteiger partial charge >= 0.3 is 0 Å². The first-order valence-electron chi connectivity index (χ1n) is 6.07. The van der Waals surface area contributed by atoms with Crippen molar-refractivity contribution in [1.29, 1.82) is 0 Å². The number of para-hydroxylation sites is 2. The fourth-order valence-corrected chi connectivity index (χ4v) is 3.03. The molecule has 0 aliphatic rings. The van der Waals surface area contributed by atoms with Crippen LogP contribution in [0.3, 0.4) is 0 Å². The SMILES string of the molecule is Fc1ccc(Br)cc1C(Br)Cc1nc2ccccc2o1. The van der Waals surface area contributed by atoms with E-state index in [2.05, 4.69) is 36.8 Å². The van der Waals surface area contributed by atoms with E-state index in [-0.39, 0.29) is 10.6 Å². The van der Waals surface area contributed by atoms with Crippen molar-refractivity contribution in [2.24, 2.45) is 0 Å². The minimum absolute atomic E-state index is 0.187. The number of rotatable bonds is 3. The number of hydrogen-bond donors (Lipinski definition) is 0. The summed E-state index contributed by atoms with van der Waals surface area (Å²) >= 11 is 6.86. The standard InChI is InChI=1S/C15H10Br2FNO/c16-9-5-6-12(18)10(7-9)11(17)8-15-19-13-3-1-2-4-14(13)20-15/h1-7,11H,8H2. The van der Waals surface area contributed by atoms with E-state index < -0.39 is 0 Å². The van der Waals surface area contributed by atoms with E-state index in [1.165, 1.54) is 6.07 Å². The van der Waals surface area contributed by atoms with Gasteiger partial charge in [0.15, 0.2) is 11.5 Å². The topological polar surface area (TPSA) is 26.0 Å². The molecule has 20 heavy (non-hydrogen) atoms. The predicted octanol–water partition coefficient (Wildman–Crippen LogP) is 5.41. The first-order chi connectivity index (χ1) is 9.63. The summed E-state index contributed by atoms with van der Waals surface area (Å²) in [5.74, 6) is 0.346. The van der Waals surface area contributed by atoms with Crippen LogP contribution in [0, 0.1) is 5.82 Å². The van der Waals surface area contributed by atoms with Crippen LogP contribution in [-0.2, 0) is 6.42 Å². The van der Waals surface area contributed by atoms with Gasteiger partial charge in [0.2, 0.25) is 0 Å². The molecule has 2 aromatic carbocycles. The smallest absolute Gasteiger partial charge is 0.196 e. The monoisotopic (exact) mass is 397 g/mol. The molecule has 2 nitrogen and oxygen atoms in total. The number of oxazole rings is 1. The van der Waals surface area contributed by atoms with Crippen molar-refractivity contribution in [3.63, 3.8) is 0 Å². The van der Waals surface area contributed by atoms with E-state index in [9.17, 15) is 4.39 Å². The summed E-state index contributed by atoms with van der Waals surface area (Å²) in [6, 6.07) is 12.5. The van der Waals surface area contributed by atoms with E-state index in [1.54, 1.807) is 12.1 Å². The van der Waals surface area contributed by atoms with E-state index in [0.717, 1.165) is 15.6 Å². The number of benzene rings is 2. The van der Waals surface area contributed by atoms with Gasteiger partial charge in [-0.2, -0.15) is 0 Å². The Bertz CT molecular complexity index is 723. The highest BCUT2D eigenvalue weighted by molar-refractivity contribution is 9.10. The third kappa shape index (κ3) is 2.79. The second kappa shape index (κ2) is 5.66. The van der Waals surface area contributed by atoms with E-state index in [0.29, 0.717) is 17.9 Å². The van der Waals surface area contributed by atoms with Crippen molar-refractivity contribution in [2.75, 3.05) is 0 Å². The van der Waals surface area contributed by atoms with Crippen LogP contribution in [0.4, 0.5) is 4.39 Å². The largest absolute Gasteiger partial charge is 0.441 e. The fraction of sp³-hybridized carbons (Fsp3) is 0.133. The molecule has 0 N–H and O–H groups in total.